The second kappa shape index (κ2) is 4.25. The Balaban J connectivity index is 2.64. The van der Waals surface area contributed by atoms with Crippen molar-refractivity contribution >= 4 is 11.8 Å². The van der Waals surface area contributed by atoms with Crippen LogP contribution in [0.3, 0.4) is 0 Å². The molecule has 1 heterocycles. The lowest BCUT2D eigenvalue weighted by Crippen LogP contribution is -1.95. The highest BCUT2D eigenvalue weighted by Crippen LogP contribution is 2.08. The molecule has 0 aliphatic rings. The minimum absolute atomic E-state index is 0.667. The van der Waals surface area contributed by atoms with Crippen LogP contribution in [0.4, 0.5) is 5.82 Å². The molecule has 1 aromatic heterocycles. The van der Waals surface area contributed by atoms with Gasteiger partial charge in [0.25, 0.3) is 0 Å². The molecule has 68 valence electrons. The fraction of sp³-hybridized carbons (Fsp3) is 0.111. The first-order chi connectivity index (χ1) is 6.20. The topological polar surface area (TPSA) is 62.2 Å². The number of nitrogens with one attached hydrogen (secondary N) is 1. The summed E-state index contributed by atoms with van der Waals surface area (Å²) < 4.78 is 0. The molecule has 0 aliphatic heterocycles. The van der Waals surface area contributed by atoms with Gasteiger partial charge in [0.05, 0.1) is 0 Å². The van der Waals surface area contributed by atoms with Crippen LogP contribution in [0.2, 0.25) is 0 Å². The van der Waals surface area contributed by atoms with E-state index in [1.165, 1.54) is 6.20 Å². The number of hydrogen-bond acceptors (Lipinski definition) is 3. The van der Waals surface area contributed by atoms with E-state index in [2.05, 4.69) is 10.3 Å². The third-order valence-corrected chi connectivity index (χ3v) is 1.46. The maximum Gasteiger partial charge on any atom is 0.329 e. The van der Waals surface area contributed by atoms with Gasteiger partial charge in [-0.3, -0.25) is 0 Å². The van der Waals surface area contributed by atoms with Crippen molar-refractivity contribution in [3.05, 3.63) is 36.2 Å². The summed E-state index contributed by atoms with van der Waals surface area (Å²) in [5.41, 5.74) is 0.970. The number of pyridine rings is 1. The molecule has 0 atom stereocenters. The van der Waals surface area contributed by atoms with Gasteiger partial charge in [-0.1, -0.05) is 6.07 Å². The van der Waals surface area contributed by atoms with Crippen LogP contribution in [-0.2, 0) is 4.79 Å². The Morgan fingerprint density at radius 2 is 2.46 bits per heavy atom. The molecule has 0 saturated heterocycles. The Bertz CT molecular complexity index is 334. The summed E-state index contributed by atoms with van der Waals surface area (Å²) in [5.74, 6) is -0.318. The highest BCUT2D eigenvalue weighted by Gasteiger charge is 1.93. The molecular weight excluding hydrogens is 168 g/mol. The normalized spacial score (nSPS) is 10.2. The van der Waals surface area contributed by atoms with Crippen LogP contribution >= 0.6 is 0 Å². The molecule has 0 aliphatic carbocycles. The summed E-state index contributed by atoms with van der Waals surface area (Å²) in [6.45, 7) is 1.89. The second-order valence-electron chi connectivity index (χ2n) is 2.48. The molecule has 0 spiro atoms. The van der Waals surface area contributed by atoms with Crippen molar-refractivity contribution in [3.8, 4) is 0 Å². The summed E-state index contributed by atoms with van der Waals surface area (Å²) in [7, 11) is 0. The third-order valence-electron chi connectivity index (χ3n) is 1.46. The summed E-state index contributed by atoms with van der Waals surface area (Å²) in [4.78, 5) is 14.1. The van der Waals surface area contributed by atoms with E-state index in [1.807, 2.05) is 19.1 Å². The van der Waals surface area contributed by atoms with Gasteiger partial charge in [0, 0.05) is 18.5 Å². The molecule has 2 N–H and O–H groups in total. The number of aliphatic carboxylic acids is 1. The van der Waals surface area contributed by atoms with Gasteiger partial charge in [0.2, 0.25) is 0 Å². The summed E-state index contributed by atoms with van der Waals surface area (Å²) in [6, 6.07) is 3.71. The number of nitrogens with zero attached hydrogens (tertiary/aromatic N) is 1. The van der Waals surface area contributed by atoms with Crippen LogP contribution in [0.1, 0.15) is 5.56 Å². The Morgan fingerprint density at radius 1 is 1.69 bits per heavy atom. The molecule has 1 aromatic rings. The Hall–Kier alpha value is -1.84. The Kier molecular flexibility index (Phi) is 3.03. The highest BCUT2D eigenvalue weighted by atomic mass is 16.4. The highest BCUT2D eigenvalue weighted by molar-refractivity contribution is 5.80. The number of carboxylic acid groups (broad SMARTS) is 1. The van der Waals surface area contributed by atoms with E-state index < -0.39 is 5.97 Å². The van der Waals surface area contributed by atoms with Gasteiger partial charge >= 0.3 is 5.97 Å². The molecule has 0 unspecified atom stereocenters. The molecule has 4 heteroatoms. The van der Waals surface area contributed by atoms with Crippen molar-refractivity contribution in [3.63, 3.8) is 0 Å². The lowest BCUT2D eigenvalue weighted by Gasteiger charge is -2.01. The number of aryl methyl sites for hydroxylation is 1. The number of rotatable bonds is 3. The average Bonchev–Trinajstić information content (AvgIpc) is 2.08. The predicted octanol–water partition coefficient (Wildman–Crippen LogP) is 1.40. The third kappa shape index (κ3) is 2.94. The number of carboxylic acids is 1. The van der Waals surface area contributed by atoms with Crippen molar-refractivity contribution in [1.82, 2.24) is 4.98 Å². The molecule has 0 amide bonds. The van der Waals surface area contributed by atoms with Gasteiger partial charge in [-0.25, -0.2) is 9.78 Å². The monoisotopic (exact) mass is 178 g/mol. The summed E-state index contributed by atoms with van der Waals surface area (Å²) in [5, 5.41) is 11.1. The van der Waals surface area contributed by atoms with E-state index in [4.69, 9.17) is 5.11 Å². The maximum atomic E-state index is 10.1. The fourth-order valence-corrected chi connectivity index (χ4v) is 0.829. The molecule has 13 heavy (non-hydrogen) atoms. The molecule has 0 aromatic carbocycles. The molecule has 0 radical (unpaired) electrons. The first-order valence-corrected chi connectivity index (χ1v) is 3.78. The molecule has 0 bridgehead atoms. The minimum atomic E-state index is -0.985. The minimum Gasteiger partial charge on any atom is -0.478 e. The number of aromatic nitrogens is 1. The maximum absolute atomic E-state index is 10.1. The number of anilines is 1. The zero-order valence-electron chi connectivity index (χ0n) is 7.19. The number of carbonyl (C=O) groups is 1. The molecule has 4 nitrogen and oxygen atoms in total. The molecule has 1 rings (SSSR count). The van der Waals surface area contributed by atoms with E-state index >= 15 is 0 Å². The second-order valence-corrected chi connectivity index (χ2v) is 2.48. The lowest BCUT2D eigenvalue weighted by molar-refractivity contribution is -0.131. The molecule has 0 fully saturated rings. The largest absolute Gasteiger partial charge is 0.478 e. The van der Waals surface area contributed by atoms with E-state index in [-0.39, 0.29) is 0 Å². The van der Waals surface area contributed by atoms with E-state index in [9.17, 15) is 4.79 Å². The zero-order chi connectivity index (χ0) is 9.68. The smallest absolute Gasteiger partial charge is 0.329 e. The Morgan fingerprint density at radius 3 is 3.08 bits per heavy atom. The summed E-state index contributed by atoms with van der Waals surface area (Å²) in [6.07, 6.45) is 4.01. The van der Waals surface area contributed by atoms with Crippen molar-refractivity contribution < 1.29 is 9.90 Å². The first-order valence-electron chi connectivity index (χ1n) is 3.78. The zero-order valence-corrected chi connectivity index (χ0v) is 7.19. The van der Waals surface area contributed by atoms with Crippen molar-refractivity contribution in [2.45, 2.75) is 6.92 Å². The van der Waals surface area contributed by atoms with Crippen LogP contribution in [0.25, 0.3) is 0 Å². The van der Waals surface area contributed by atoms with Crippen molar-refractivity contribution in [2.24, 2.45) is 0 Å². The van der Waals surface area contributed by atoms with Gasteiger partial charge in [-0.2, -0.15) is 0 Å². The van der Waals surface area contributed by atoms with Crippen LogP contribution in [0, 0.1) is 6.92 Å². The van der Waals surface area contributed by atoms with E-state index in [0.29, 0.717) is 5.82 Å². The van der Waals surface area contributed by atoms with Gasteiger partial charge < -0.3 is 10.4 Å². The van der Waals surface area contributed by atoms with Crippen LogP contribution < -0.4 is 5.32 Å². The van der Waals surface area contributed by atoms with E-state index in [1.54, 1.807) is 6.20 Å². The van der Waals surface area contributed by atoms with Gasteiger partial charge in [-0.05, 0) is 18.6 Å². The summed E-state index contributed by atoms with van der Waals surface area (Å²) >= 11 is 0. The lowest BCUT2D eigenvalue weighted by atomic mass is 10.3. The van der Waals surface area contributed by atoms with Crippen LogP contribution in [0.5, 0.6) is 0 Å². The van der Waals surface area contributed by atoms with Gasteiger partial charge in [0.1, 0.15) is 5.82 Å². The Labute approximate surface area is 75.9 Å². The fourth-order valence-electron chi connectivity index (χ4n) is 0.829. The van der Waals surface area contributed by atoms with Gasteiger partial charge in [0.15, 0.2) is 0 Å². The standard InChI is InChI=1S/C9H10N2O2/c1-7-3-2-5-10-9(7)11-6-4-8(12)13/h2-6H,1H3,(H,10,11)(H,12,13)/b6-4+. The molecular formula is C9H10N2O2. The van der Waals surface area contributed by atoms with Crippen molar-refractivity contribution in [2.75, 3.05) is 5.32 Å². The van der Waals surface area contributed by atoms with Gasteiger partial charge in [-0.15, -0.1) is 0 Å². The quantitative estimate of drug-likeness (QED) is 0.687. The van der Waals surface area contributed by atoms with Crippen molar-refractivity contribution in [1.29, 1.82) is 0 Å². The van der Waals surface area contributed by atoms with Crippen LogP contribution in [-0.4, -0.2) is 16.1 Å². The average molecular weight is 178 g/mol. The number of hydrogen-bond donors (Lipinski definition) is 2. The van der Waals surface area contributed by atoms with E-state index in [0.717, 1.165) is 11.6 Å². The molecule has 0 saturated carbocycles. The predicted molar refractivity (Wildman–Crippen MR) is 49.4 cm³/mol. The SMILES string of the molecule is Cc1cccnc1N/C=C/C(=O)O. The first kappa shape index (κ1) is 9.25. The van der Waals surface area contributed by atoms with Crippen LogP contribution in [0.15, 0.2) is 30.6 Å².